The Labute approximate surface area is 137 Å². The van der Waals surface area contributed by atoms with Gasteiger partial charge < -0.3 is 4.52 Å². The van der Waals surface area contributed by atoms with Gasteiger partial charge in [-0.1, -0.05) is 38.1 Å². The Morgan fingerprint density at radius 1 is 1.17 bits per heavy atom. The monoisotopic (exact) mass is 334 g/mol. The van der Waals surface area contributed by atoms with Gasteiger partial charge >= 0.3 is 0 Å². The van der Waals surface area contributed by atoms with Crippen LogP contribution in [-0.2, 0) is 28.4 Å². The van der Waals surface area contributed by atoms with Crippen molar-refractivity contribution in [2.75, 3.05) is 6.54 Å². The molecule has 0 bridgehead atoms. The van der Waals surface area contributed by atoms with Crippen LogP contribution in [0.5, 0.6) is 0 Å². The lowest BCUT2D eigenvalue weighted by molar-refractivity contribution is 0.307. The number of hydrogen-bond donors (Lipinski definition) is 0. The van der Waals surface area contributed by atoms with Crippen molar-refractivity contribution >= 4 is 10.0 Å². The van der Waals surface area contributed by atoms with Crippen molar-refractivity contribution in [1.29, 1.82) is 0 Å². The molecule has 1 aromatic carbocycles. The molecule has 0 saturated carbocycles. The fourth-order valence-corrected chi connectivity index (χ4v) is 4.23. The van der Waals surface area contributed by atoms with Crippen molar-refractivity contribution < 1.29 is 12.9 Å². The van der Waals surface area contributed by atoms with E-state index in [1.54, 1.807) is 12.1 Å². The summed E-state index contributed by atoms with van der Waals surface area (Å²) in [4.78, 5) is 0.324. The summed E-state index contributed by atoms with van der Waals surface area (Å²) in [7, 11) is -3.51. The Balaban J connectivity index is 1.88. The van der Waals surface area contributed by atoms with Crippen molar-refractivity contribution in [3.63, 3.8) is 0 Å². The number of sulfonamides is 1. The standard InChI is InChI=1S/C17H22N2O3S/c1-12-15-9-10-19(11-16(15)22-18-12)23(20,21)14-7-5-13(6-8-14)17(2,3)4/h5-8H,9-11H2,1-4H3. The summed E-state index contributed by atoms with van der Waals surface area (Å²) in [5, 5.41) is 3.93. The fraction of sp³-hybridized carbons (Fsp3) is 0.471. The van der Waals surface area contributed by atoms with Crippen LogP contribution in [0.3, 0.4) is 0 Å². The van der Waals surface area contributed by atoms with Gasteiger partial charge in [0.2, 0.25) is 10.0 Å². The third-order valence-electron chi connectivity index (χ3n) is 4.36. The van der Waals surface area contributed by atoms with Crippen molar-refractivity contribution in [3.05, 3.63) is 46.8 Å². The molecule has 0 fully saturated rings. The second kappa shape index (κ2) is 5.46. The second-order valence-corrected chi connectivity index (χ2v) is 8.97. The summed E-state index contributed by atoms with van der Waals surface area (Å²) in [5.41, 5.74) is 3.01. The third kappa shape index (κ3) is 2.93. The van der Waals surface area contributed by atoms with Crippen LogP contribution in [-0.4, -0.2) is 24.4 Å². The minimum atomic E-state index is -3.51. The van der Waals surface area contributed by atoms with E-state index in [0.717, 1.165) is 16.8 Å². The maximum Gasteiger partial charge on any atom is 0.243 e. The number of hydrogen-bond acceptors (Lipinski definition) is 4. The zero-order valence-electron chi connectivity index (χ0n) is 14.0. The predicted molar refractivity (Wildman–Crippen MR) is 87.7 cm³/mol. The van der Waals surface area contributed by atoms with E-state index in [0.29, 0.717) is 23.6 Å². The molecule has 2 aromatic rings. The van der Waals surface area contributed by atoms with Gasteiger partial charge in [-0.25, -0.2) is 8.42 Å². The molecule has 0 unspecified atom stereocenters. The maximum absolute atomic E-state index is 12.8. The molecule has 0 atom stereocenters. The molecule has 1 aliphatic heterocycles. The van der Waals surface area contributed by atoms with E-state index in [4.69, 9.17) is 4.52 Å². The SMILES string of the molecule is Cc1noc2c1CCN(S(=O)(=O)c1ccc(C(C)(C)C)cc1)C2. The molecule has 1 aromatic heterocycles. The largest absolute Gasteiger partial charge is 0.359 e. The molecule has 1 aliphatic rings. The van der Waals surface area contributed by atoms with Crippen molar-refractivity contribution in [1.82, 2.24) is 9.46 Å². The van der Waals surface area contributed by atoms with Crippen LogP contribution in [0.25, 0.3) is 0 Å². The first-order valence-electron chi connectivity index (χ1n) is 7.74. The lowest BCUT2D eigenvalue weighted by Gasteiger charge is -2.25. The summed E-state index contributed by atoms with van der Waals surface area (Å²) in [5.74, 6) is 0.656. The van der Waals surface area contributed by atoms with E-state index < -0.39 is 10.0 Å². The summed E-state index contributed by atoms with van der Waals surface area (Å²) < 4.78 is 32.4. The normalized spacial score (nSPS) is 16.3. The van der Waals surface area contributed by atoms with Crippen LogP contribution in [0.4, 0.5) is 0 Å². The number of nitrogens with zero attached hydrogens (tertiary/aromatic N) is 2. The van der Waals surface area contributed by atoms with E-state index in [1.165, 1.54) is 4.31 Å². The van der Waals surface area contributed by atoms with Gasteiger partial charge in [0.05, 0.1) is 17.1 Å². The molecular weight excluding hydrogens is 312 g/mol. The first-order chi connectivity index (χ1) is 10.7. The first kappa shape index (κ1) is 16.2. The van der Waals surface area contributed by atoms with Gasteiger partial charge in [-0.2, -0.15) is 4.31 Å². The molecule has 0 aliphatic carbocycles. The molecule has 5 nitrogen and oxygen atoms in total. The van der Waals surface area contributed by atoms with Gasteiger partial charge in [-0.05, 0) is 36.5 Å². The number of fused-ring (bicyclic) bond motifs is 1. The van der Waals surface area contributed by atoms with E-state index in [2.05, 4.69) is 25.9 Å². The van der Waals surface area contributed by atoms with Gasteiger partial charge in [-0.15, -0.1) is 0 Å². The van der Waals surface area contributed by atoms with Crippen molar-refractivity contribution in [2.45, 2.75) is 51.0 Å². The zero-order valence-corrected chi connectivity index (χ0v) is 14.8. The molecule has 6 heteroatoms. The predicted octanol–water partition coefficient (Wildman–Crippen LogP) is 3.03. The molecule has 0 radical (unpaired) electrons. The van der Waals surface area contributed by atoms with Gasteiger partial charge in [0.15, 0.2) is 5.76 Å². The van der Waals surface area contributed by atoms with E-state index in [9.17, 15) is 8.42 Å². The second-order valence-electron chi connectivity index (χ2n) is 7.03. The topological polar surface area (TPSA) is 63.4 Å². The zero-order chi connectivity index (χ0) is 16.8. The molecule has 0 N–H and O–H groups in total. The van der Waals surface area contributed by atoms with E-state index in [1.807, 2.05) is 19.1 Å². The average molecular weight is 334 g/mol. The van der Waals surface area contributed by atoms with Crippen LogP contribution in [0.15, 0.2) is 33.7 Å². The molecular formula is C17H22N2O3S. The Hall–Kier alpha value is -1.66. The van der Waals surface area contributed by atoms with E-state index in [-0.39, 0.29) is 12.0 Å². The van der Waals surface area contributed by atoms with Gasteiger partial charge in [0.25, 0.3) is 0 Å². The third-order valence-corrected chi connectivity index (χ3v) is 6.21. The number of aromatic nitrogens is 1. The maximum atomic E-state index is 12.8. The molecule has 2 heterocycles. The van der Waals surface area contributed by atoms with Crippen LogP contribution in [0, 0.1) is 6.92 Å². The Kier molecular flexibility index (Phi) is 3.84. The van der Waals surface area contributed by atoms with Crippen LogP contribution in [0.1, 0.15) is 43.4 Å². The minimum Gasteiger partial charge on any atom is -0.359 e. The Morgan fingerprint density at radius 3 is 2.43 bits per heavy atom. The van der Waals surface area contributed by atoms with Crippen molar-refractivity contribution in [3.8, 4) is 0 Å². The smallest absolute Gasteiger partial charge is 0.243 e. The number of rotatable bonds is 2. The van der Waals surface area contributed by atoms with Crippen LogP contribution < -0.4 is 0 Å². The van der Waals surface area contributed by atoms with Crippen LogP contribution >= 0.6 is 0 Å². The van der Waals surface area contributed by atoms with Crippen LogP contribution in [0.2, 0.25) is 0 Å². The molecule has 0 saturated heterocycles. The lowest BCUT2D eigenvalue weighted by atomic mass is 9.87. The molecule has 23 heavy (non-hydrogen) atoms. The number of benzene rings is 1. The lowest BCUT2D eigenvalue weighted by Crippen LogP contribution is -2.35. The highest BCUT2D eigenvalue weighted by Crippen LogP contribution is 2.28. The van der Waals surface area contributed by atoms with Crippen molar-refractivity contribution in [2.24, 2.45) is 0 Å². The first-order valence-corrected chi connectivity index (χ1v) is 9.18. The summed E-state index contributed by atoms with van der Waals surface area (Å²) in [6, 6.07) is 7.16. The highest BCUT2D eigenvalue weighted by molar-refractivity contribution is 7.89. The summed E-state index contributed by atoms with van der Waals surface area (Å²) in [6.45, 7) is 8.91. The van der Waals surface area contributed by atoms with Gasteiger partial charge in [0.1, 0.15) is 0 Å². The fourth-order valence-electron chi connectivity index (χ4n) is 2.84. The highest BCUT2D eigenvalue weighted by Gasteiger charge is 2.31. The Morgan fingerprint density at radius 2 is 1.83 bits per heavy atom. The molecule has 3 rings (SSSR count). The molecule has 0 amide bonds. The Bertz CT molecular complexity index is 815. The van der Waals surface area contributed by atoms with E-state index >= 15 is 0 Å². The van der Waals surface area contributed by atoms with Gasteiger partial charge in [-0.3, -0.25) is 0 Å². The highest BCUT2D eigenvalue weighted by atomic mass is 32.2. The number of aryl methyl sites for hydroxylation is 1. The quantitative estimate of drug-likeness (QED) is 0.847. The molecule has 124 valence electrons. The summed E-state index contributed by atoms with van der Waals surface area (Å²) in [6.07, 6.45) is 0.643. The van der Waals surface area contributed by atoms with Gasteiger partial charge in [0, 0.05) is 12.1 Å². The average Bonchev–Trinajstić information content (AvgIpc) is 2.87. The summed E-state index contributed by atoms with van der Waals surface area (Å²) >= 11 is 0. The molecule has 0 spiro atoms. The minimum absolute atomic E-state index is 0.000315.